The molecule has 0 bridgehead atoms. The number of nitrogens with zero attached hydrogens (tertiary/aromatic N) is 4. The van der Waals surface area contributed by atoms with E-state index in [1.54, 1.807) is 42.9 Å². The van der Waals surface area contributed by atoms with Crippen LogP contribution in [0.5, 0.6) is 0 Å². The zero-order valence-corrected chi connectivity index (χ0v) is 20.2. The van der Waals surface area contributed by atoms with E-state index in [-0.39, 0.29) is 18.4 Å². The Morgan fingerprint density at radius 1 is 1.00 bits per heavy atom. The number of carbonyl (C=O) groups excluding carboxylic acids is 1. The molecule has 0 aliphatic heterocycles. The number of benzene rings is 2. The number of amides is 1. The lowest BCUT2D eigenvalue weighted by atomic mass is 9.98. The minimum atomic E-state index is -0.973. The maximum atomic E-state index is 13.3. The van der Waals surface area contributed by atoms with Gasteiger partial charge in [-0.25, -0.2) is 4.98 Å². The third-order valence-electron chi connectivity index (χ3n) is 5.91. The summed E-state index contributed by atoms with van der Waals surface area (Å²) in [5, 5.41) is 28.2. The van der Waals surface area contributed by atoms with Gasteiger partial charge in [0.1, 0.15) is 18.4 Å². The normalized spacial score (nSPS) is 12.3. The predicted molar refractivity (Wildman–Crippen MR) is 138 cm³/mol. The van der Waals surface area contributed by atoms with Crippen LogP contribution in [0.25, 0.3) is 11.1 Å². The summed E-state index contributed by atoms with van der Waals surface area (Å²) >= 11 is 0. The Balaban J connectivity index is 1.44. The second-order valence-electron chi connectivity index (χ2n) is 8.63. The number of hydrogen-bond acceptors (Lipinski definition) is 6. The Labute approximate surface area is 214 Å². The van der Waals surface area contributed by atoms with Gasteiger partial charge in [-0.15, -0.1) is 0 Å². The van der Waals surface area contributed by atoms with E-state index in [1.807, 2.05) is 42.5 Å². The van der Waals surface area contributed by atoms with Crippen molar-refractivity contribution in [2.45, 2.75) is 25.4 Å². The summed E-state index contributed by atoms with van der Waals surface area (Å²) in [5.41, 5.74) is 3.99. The summed E-state index contributed by atoms with van der Waals surface area (Å²) in [7, 11) is 0. The summed E-state index contributed by atoms with van der Waals surface area (Å²) in [5.74, 6) is -0.702. The van der Waals surface area contributed by atoms with Crippen molar-refractivity contribution in [3.05, 3.63) is 102 Å². The number of hydrogen-bond donors (Lipinski definition) is 3. The molecule has 2 aromatic carbocycles. The Bertz CT molecular complexity index is 1390. The molecule has 186 valence electrons. The van der Waals surface area contributed by atoms with E-state index in [0.717, 1.165) is 22.3 Å². The molecule has 3 N–H and O–H groups in total. The van der Waals surface area contributed by atoms with E-state index in [9.17, 15) is 9.59 Å². The van der Waals surface area contributed by atoms with Crippen molar-refractivity contribution >= 4 is 17.7 Å². The highest BCUT2D eigenvalue weighted by Gasteiger charge is 2.22. The summed E-state index contributed by atoms with van der Waals surface area (Å²) in [4.78, 5) is 28.5. The predicted octanol–water partition coefficient (Wildman–Crippen LogP) is 3.97. The molecule has 0 fully saturated rings. The molecule has 0 saturated carbocycles. The van der Waals surface area contributed by atoms with Crippen LogP contribution in [0.1, 0.15) is 35.6 Å². The first kappa shape index (κ1) is 25.3. The van der Waals surface area contributed by atoms with E-state index in [1.165, 1.54) is 4.68 Å². The van der Waals surface area contributed by atoms with E-state index in [0.29, 0.717) is 17.9 Å². The number of pyridine rings is 1. The van der Waals surface area contributed by atoms with E-state index in [4.69, 9.17) is 10.4 Å². The Morgan fingerprint density at radius 3 is 2.41 bits per heavy atom. The quantitative estimate of drug-likeness (QED) is 0.304. The van der Waals surface area contributed by atoms with Crippen molar-refractivity contribution in [1.82, 2.24) is 20.1 Å². The molecule has 4 aromatic rings. The summed E-state index contributed by atoms with van der Waals surface area (Å²) in [6.07, 6.45) is 4.81. The molecule has 2 atom stereocenters. The van der Waals surface area contributed by atoms with Gasteiger partial charge in [0.05, 0.1) is 17.8 Å². The van der Waals surface area contributed by atoms with Crippen LogP contribution >= 0.6 is 0 Å². The van der Waals surface area contributed by atoms with Crippen LogP contribution in [0.15, 0.2) is 85.3 Å². The fraction of sp³-hybridized carbons (Fsp3) is 0.179. The first-order chi connectivity index (χ1) is 17.9. The number of aromatic nitrogens is 3. The first-order valence-corrected chi connectivity index (χ1v) is 11.7. The summed E-state index contributed by atoms with van der Waals surface area (Å²) in [6, 6.07) is 21.9. The van der Waals surface area contributed by atoms with Gasteiger partial charge >= 0.3 is 5.97 Å². The first-order valence-electron chi connectivity index (χ1n) is 11.7. The van der Waals surface area contributed by atoms with Gasteiger partial charge in [-0.2, -0.15) is 10.4 Å². The van der Waals surface area contributed by atoms with Crippen molar-refractivity contribution in [3.8, 4) is 17.2 Å². The van der Waals surface area contributed by atoms with Crippen LogP contribution in [0.4, 0.5) is 5.82 Å². The van der Waals surface area contributed by atoms with Crippen LogP contribution < -0.4 is 10.6 Å². The largest absolute Gasteiger partial charge is 0.480 e. The van der Waals surface area contributed by atoms with Crippen molar-refractivity contribution in [2.24, 2.45) is 0 Å². The number of nitriles is 1. The monoisotopic (exact) mass is 494 g/mol. The van der Waals surface area contributed by atoms with Gasteiger partial charge in [0.15, 0.2) is 0 Å². The molecule has 0 spiro atoms. The SMILES string of the molecule is C[C@H](CN[C@H](C(=O)Nc1ccc(-c2cnn(CC(=O)O)c2)cn1)c1ccccc1)c1ccc(C#N)cc1. The molecule has 37 heavy (non-hydrogen) atoms. The van der Waals surface area contributed by atoms with Crippen LogP contribution in [0.2, 0.25) is 0 Å². The van der Waals surface area contributed by atoms with Crippen LogP contribution in [-0.2, 0) is 16.1 Å². The van der Waals surface area contributed by atoms with Crippen molar-refractivity contribution in [1.29, 1.82) is 5.26 Å². The van der Waals surface area contributed by atoms with E-state index < -0.39 is 12.0 Å². The van der Waals surface area contributed by atoms with Crippen molar-refractivity contribution < 1.29 is 14.7 Å². The molecule has 9 heteroatoms. The third-order valence-corrected chi connectivity index (χ3v) is 5.91. The number of carbonyl (C=O) groups is 2. The number of carboxylic acid groups (broad SMARTS) is 1. The molecule has 2 heterocycles. The second kappa shape index (κ2) is 11.7. The zero-order chi connectivity index (χ0) is 26.2. The average Bonchev–Trinajstić information content (AvgIpc) is 3.37. The van der Waals surface area contributed by atoms with Gasteiger partial charge in [-0.3, -0.25) is 14.3 Å². The number of rotatable bonds is 10. The molecule has 0 radical (unpaired) electrons. The van der Waals surface area contributed by atoms with E-state index in [2.05, 4.69) is 33.7 Å². The lowest BCUT2D eigenvalue weighted by molar-refractivity contribution is -0.137. The Kier molecular flexibility index (Phi) is 8.03. The molecule has 1 amide bonds. The van der Waals surface area contributed by atoms with Gasteiger partial charge in [0.2, 0.25) is 5.91 Å². The maximum Gasteiger partial charge on any atom is 0.325 e. The average molecular weight is 495 g/mol. The molecule has 0 saturated heterocycles. The van der Waals surface area contributed by atoms with Gasteiger partial charge in [-0.1, -0.05) is 49.4 Å². The van der Waals surface area contributed by atoms with Crippen LogP contribution in [-0.4, -0.2) is 38.3 Å². The lowest BCUT2D eigenvalue weighted by Crippen LogP contribution is -2.35. The van der Waals surface area contributed by atoms with Gasteiger partial charge in [-0.05, 0) is 41.3 Å². The molecule has 4 rings (SSSR count). The topological polar surface area (TPSA) is 133 Å². The Hall–Kier alpha value is -4.81. The highest BCUT2D eigenvalue weighted by molar-refractivity contribution is 5.95. The fourth-order valence-corrected chi connectivity index (χ4v) is 3.88. The van der Waals surface area contributed by atoms with Crippen molar-refractivity contribution in [3.63, 3.8) is 0 Å². The number of nitrogens with one attached hydrogen (secondary N) is 2. The van der Waals surface area contributed by atoms with Crippen molar-refractivity contribution in [2.75, 3.05) is 11.9 Å². The summed E-state index contributed by atoms with van der Waals surface area (Å²) < 4.78 is 1.34. The molecular weight excluding hydrogens is 468 g/mol. The maximum absolute atomic E-state index is 13.3. The minimum absolute atomic E-state index is 0.117. The molecule has 0 aliphatic rings. The summed E-state index contributed by atoms with van der Waals surface area (Å²) in [6.45, 7) is 2.39. The number of carboxylic acids is 1. The van der Waals surface area contributed by atoms with Crippen LogP contribution in [0.3, 0.4) is 0 Å². The standard InChI is InChI=1S/C28H26N6O3/c1-19(21-9-7-20(13-29)8-10-21)14-31-27(22-5-3-2-4-6-22)28(37)33-25-12-11-23(15-30-25)24-16-32-34(17-24)18-26(35)36/h2-12,15-17,19,27,31H,14,18H2,1H3,(H,35,36)(H,30,33,37)/t19-,27+/m1/s1. The van der Waals surface area contributed by atoms with Gasteiger partial charge in [0.25, 0.3) is 0 Å². The number of aliphatic carboxylic acids is 1. The second-order valence-corrected chi connectivity index (χ2v) is 8.63. The molecule has 2 aromatic heterocycles. The highest BCUT2D eigenvalue weighted by atomic mass is 16.4. The highest BCUT2D eigenvalue weighted by Crippen LogP contribution is 2.22. The van der Waals surface area contributed by atoms with Gasteiger partial charge < -0.3 is 15.7 Å². The fourth-order valence-electron chi connectivity index (χ4n) is 3.88. The molecule has 9 nitrogen and oxygen atoms in total. The number of anilines is 1. The van der Waals surface area contributed by atoms with Gasteiger partial charge in [0, 0.05) is 30.1 Å². The Morgan fingerprint density at radius 2 is 1.76 bits per heavy atom. The van der Waals surface area contributed by atoms with Crippen LogP contribution in [0, 0.1) is 11.3 Å². The lowest BCUT2D eigenvalue weighted by Gasteiger charge is -2.21. The third kappa shape index (κ3) is 6.66. The molecule has 0 aliphatic carbocycles. The van der Waals surface area contributed by atoms with E-state index >= 15 is 0 Å². The smallest absolute Gasteiger partial charge is 0.325 e. The molecular formula is C28H26N6O3. The zero-order valence-electron chi connectivity index (χ0n) is 20.2. The molecule has 0 unspecified atom stereocenters. The minimum Gasteiger partial charge on any atom is -0.480 e.